The average Bonchev–Trinajstić information content (AvgIpc) is 3.15. The van der Waals surface area contributed by atoms with Crippen LogP contribution in [0.25, 0.3) is 11.4 Å². The maximum atomic E-state index is 12.8. The molecule has 0 bridgehead atoms. The van der Waals surface area contributed by atoms with Gasteiger partial charge in [0.05, 0.1) is 11.3 Å². The number of carbonyl (C=O) groups is 1. The van der Waals surface area contributed by atoms with E-state index >= 15 is 0 Å². The fraction of sp³-hybridized carbons (Fsp3) is 0.211. The highest BCUT2D eigenvalue weighted by molar-refractivity contribution is 7.98. The fourth-order valence-electron chi connectivity index (χ4n) is 2.49. The van der Waals surface area contributed by atoms with Crippen molar-refractivity contribution in [1.29, 1.82) is 0 Å². The molecule has 0 spiro atoms. The number of benzene rings is 2. The van der Waals surface area contributed by atoms with Crippen LogP contribution in [-0.2, 0) is 17.4 Å². The van der Waals surface area contributed by atoms with E-state index in [2.05, 4.69) is 15.5 Å². The Morgan fingerprint density at radius 3 is 2.71 bits per heavy atom. The van der Waals surface area contributed by atoms with Gasteiger partial charge in [-0.25, -0.2) is 0 Å². The van der Waals surface area contributed by atoms with Crippen LogP contribution in [0, 0.1) is 0 Å². The van der Waals surface area contributed by atoms with Gasteiger partial charge in [-0.2, -0.15) is 18.2 Å². The molecule has 0 aliphatic rings. The molecule has 0 atom stereocenters. The van der Waals surface area contributed by atoms with Gasteiger partial charge in [-0.15, -0.1) is 11.8 Å². The van der Waals surface area contributed by atoms with Crippen molar-refractivity contribution in [3.63, 3.8) is 0 Å². The van der Waals surface area contributed by atoms with Gasteiger partial charge in [-0.3, -0.25) is 4.79 Å². The average molecular weight is 407 g/mol. The Morgan fingerprint density at radius 2 is 1.96 bits per heavy atom. The summed E-state index contributed by atoms with van der Waals surface area (Å²) in [4.78, 5) is 17.2. The first-order valence-corrected chi connectivity index (χ1v) is 9.52. The smallest absolute Gasteiger partial charge is 0.339 e. The largest absolute Gasteiger partial charge is 0.416 e. The molecule has 3 rings (SSSR count). The zero-order valence-electron chi connectivity index (χ0n) is 14.8. The number of rotatable bonds is 6. The molecule has 0 saturated heterocycles. The van der Waals surface area contributed by atoms with Crippen LogP contribution < -0.4 is 5.32 Å². The second kappa shape index (κ2) is 8.47. The lowest BCUT2D eigenvalue weighted by molar-refractivity contribution is -0.137. The van der Waals surface area contributed by atoms with Crippen LogP contribution in [0.5, 0.6) is 0 Å². The summed E-state index contributed by atoms with van der Waals surface area (Å²) in [6.07, 6.45) is -2.25. The minimum atomic E-state index is -4.45. The Morgan fingerprint density at radius 1 is 1.18 bits per heavy atom. The summed E-state index contributed by atoms with van der Waals surface area (Å²) >= 11 is 1.52. The minimum absolute atomic E-state index is 0.0502. The van der Waals surface area contributed by atoms with E-state index in [0.29, 0.717) is 0 Å². The highest BCUT2D eigenvalue weighted by Gasteiger charge is 2.30. The fourth-order valence-corrected chi connectivity index (χ4v) is 3.04. The van der Waals surface area contributed by atoms with Crippen molar-refractivity contribution in [1.82, 2.24) is 10.1 Å². The molecular weight excluding hydrogens is 391 g/mol. The molecule has 28 heavy (non-hydrogen) atoms. The van der Waals surface area contributed by atoms with Crippen LogP contribution in [-0.4, -0.2) is 22.3 Å². The van der Waals surface area contributed by atoms with Gasteiger partial charge in [-0.1, -0.05) is 29.4 Å². The van der Waals surface area contributed by atoms with Crippen molar-refractivity contribution in [3.8, 4) is 11.4 Å². The summed E-state index contributed by atoms with van der Waals surface area (Å²) in [7, 11) is 0. The molecule has 3 aromatic rings. The summed E-state index contributed by atoms with van der Waals surface area (Å²) in [5.74, 6) is 0.00951. The third-order valence-electron chi connectivity index (χ3n) is 3.86. The number of alkyl halides is 3. The number of hydrogen-bond acceptors (Lipinski definition) is 5. The van der Waals surface area contributed by atoms with Gasteiger partial charge in [0.2, 0.25) is 17.6 Å². The number of amides is 1. The molecule has 0 saturated carbocycles. The highest BCUT2D eigenvalue weighted by Crippen LogP contribution is 2.31. The van der Waals surface area contributed by atoms with Crippen LogP contribution >= 0.6 is 11.8 Å². The molecule has 9 heteroatoms. The molecule has 0 aliphatic carbocycles. The normalized spacial score (nSPS) is 11.4. The van der Waals surface area contributed by atoms with Crippen LogP contribution in [0.4, 0.5) is 18.9 Å². The van der Waals surface area contributed by atoms with E-state index < -0.39 is 11.7 Å². The molecule has 0 radical (unpaired) electrons. The lowest BCUT2D eigenvalue weighted by Gasteiger charge is -2.08. The van der Waals surface area contributed by atoms with Crippen molar-refractivity contribution in [2.24, 2.45) is 0 Å². The van der Waals surface area contributed by atoms with Gasteiger partial charge in [0.25, 0.3) is 0 Å². The van der Waals surface area contributed by atoms with Crippen LogP contribution in [0.15, 0.2) is 57.9 Å². The predicted molar refractivity (Wildman–Crippen MR) is 99.9 cm³/mol. The molecule has 0 fully saturated rings. The van der Waals surface area contributed by atoms with Crippen LogP contribution in [0.1, 0.15) is 17.9 Å². The number of thioether (sulfide) groups is 1. The van der Waals surface area contributed by atoms with Gasteiger partial charge in [0.15, 0.2) is 0 Å². The lowest BCUT2D eigenvalue weighted by atomic mass is 10.1. The van der Waals surface area contributed by atoms with Crippen molar-refractivity contribution in [2.75, 3.05) is 11.6 Å². The maximum Gasteiger partial charge on any atom is 0.416 e. The van der Waals surface area contributed by atoms with E-state index in [1.54, 1.807) is 0 Å². The third-order valence-corrected chi connectivity index (χ3v) is 4.66. The minimum Gasteiger partial charge on any atom is -0.339 e. The van der Waals surface area contributed by atoms with Crippen LogP contribution in [0.2, 0.25) is 0 Å². The van der Waals surface area contributed by atoms with Gasteiger partial charge in [0, 0.05) is 23.3 Å². The van der Waals surface area contributed by atoms with Crippen molar-refractivity contribution < 1.29 is 22.5 Å². The number of para-hydroxylation sites is 1. The molecular formula is C19H16F3N3O2S. The number of aromatic nitrogens is 2. The molecule has 1 aromatic heterocycles. The van der Waals surface area contributed by atoms with Crippen molar-refractivity contribution in [3.05, 3.63) is 60.0 Å². The monoisotopic (exact) mass is 407 g/mol. The van der Waals surface area contributed by atoms with E-state index in [9.17, 15) is 18.0 Å². The van der Waals surface area contributed by atoms with Gasteiger partial charge < -0.3 is 9.84 Å². The van der Waals surface area contributed by atoms with E-state index in [0.717, 1.165) is 22.7 Å². The first kappa shape index (κ1) is 19.9. The Kier molecular flexibility index (Phi) is 6.03. The second-order valence-electron chi connectivity index (χ2n) is 5.84. The van der Waals surface area contributed by atoms with E-state index in [1.807, 2.05) is 30.5 Å². The summed E-state index contributed by atoms with van der Waals surface area (Å²) in [5, 5.41) is 6.53. The Balaban J connectivity index is 1.63. The van der Waals surface area contributed by atoms with E-state index in [4.69, 9.17) is 4.52 Å². The third kappa shape index (κ3) is 4.92. The zero-order valence-corrected chi connectivity index (χ0v) is 15.6. The predicted octanol–water partition coefficient (Wildman–Crippen LogP) is 5.05. The number of aryl methyl sites for hydroxylation is 1. The summed E-state index contributed by atoms with van der Waals surface area (Å²) in [6, 6.07) is 12.1. The quantitative estimate of drug-likeness (QED) is 0.579. The number of halogens is 3. The summed E-state index contributed by atoms with van der Waals surface area (Å²) in [5.41, 5.74) is 0.126. The second-order valence-corrected chi connectivity index (χ2v) is 6.69. The molecule has 1 amide bonds. The Hall–Kier alpha value is -2.81. The van der Waals surface area contributed by atoms with Gasteiger partial charge in [0.1, 0.15) is 0 Å². The Bertz CT molecular complexity index is 973. The SMILES string of the molecule is CSc1ccccc1NC(=O)CCc1nc(-c2cccc(C(F)(F)F)c2)no1. The molecule has 0 aliphatic heterocycles. The first-order chi connectivity index (χ1) is 13.4. The number of nitrogens with one attached hydrogen (secondary N) is 1. The molecule has 2 aromatic carbocycles. The van der Waals surface area contributed by atoms with Gasteiger partial charge >= 0.3 is 6.18 Å². The maximum absolute atomic E-state index is 12.8. The zero-order chi connectivity index (χ0) is 20.1. The number of nitrogens with zero attached hydrogens (tertiary/aromatic N) is 2. The summed E-state index contributed by atoms with van der Waals surface area (Å²) < 4.78 is 43.5. The van der Waals surface area contributed by atoms with E-state index in [1.165, 1.54) is 23.9 Å². The molecule has 1 N–H and O–H groups in total. The van der Waals surface area contributed by atoms with Crippen molar-refractivity contribution >= 4 is 23.4 Å². The highest BCUT2D eigenvalue weighted by atomic mass is 32.2. The molecule has 146 valence electrons. The number of carbonyl (C=O) groups excluding carboxylic acids is 1. The van der Waals surface area contributed by atoms with Gasteiger partial charge in [-0.05, 0) is 30.5 Å². The summed E-state index contributed by atoms with van der Waals surface area (Å²) in [6.45, 7) is 0. The first-order valence-electron chi connectivity index (χ1n) is 8.30. The molecule has 5 nitrogen and oxygen atoms in total. The van der Waals surface area contributed by atoms with Crippen molar-refractivity contribution in [2.45, 2.75) is 23.9 Å². The standard InChI is InChI=1S/C19H16F3N3O2S/c1-28-15-8-3-2-7-14(15)23-16(26)9-10-17-24-18(25-27-17)12-5-4-6-13(11-12)19(20,21)22/h2-8,11H,9-10H2,1H3,(H,23,26). The number of anilines is 1. The lowest BCUT2D eigenvalue weighted by Crippen LogP contribution is -2.13. The molecule has 0 unspecified atom stereocenters. The topological polar surface area (TPSA) is 68.0 Å². The Labute approximate surface area is 163 Å². The van der Waals surface area contributed by atoms with Crippen LogP contribution in [0.3, 0.4) is 0 Å². The molecule has 1 heterocycles. The number of hydrogen-bond donors (Lipinski definition) is 1. The van der Waals surface area contributed by atoms with E-state index in [-0.39, 0.29) is 36.0 Å².